The molecule has 7 heteroatoms. The maximum absolute atomic E-state index is 14.0. The second-order valence-electron chi connectivity index (χ2n) is 18.8. The fourth-order valence-corrected chi connectivity index (χ4v) is 13.1. The lowest BCUT2D eigenvalue weighted by molar-refractivity contribution is -0.189. The number of ketones is 1. The summed E-state index contributed by atoms with van der Waals surface area (Å²) in [7, 11) is 0. The third-order valence-corrected chi connectivity index (χ3v) is 15.1. The molecule has 7 nitrogen and oxygen atoms in total. The van der Waals surface area contributed by atoms with Gasteiger partial charge in [-0.05, 0) is 98.5 Å². The van der Waals surface area contributed by atoms with Crippen LogP contribution in [0.3, 0.4) is 0 Å². The van der Waals surface area contributed by atoms with E-state index in [4.69, 9.17) is 9.47 Å². The van der Waals surface area contributed by atoms with Crippen LogP contribution in [0, 0.1) is 52.3 Å². The molecule has 272 valence electrons. The summed E-state index contributed by atoms with van der Waals surface area (Å²) in [6.45, 7) is 10.2. The molecule has 49 heavy (non-hydrogen) atoms. The van der Waals surface area contributed by atoms with Gasteiger partial charge in [0, 0.05) is 36.0 Å². The van der Waals surface area contributed by atoms with Gasteiger partial charge in [0.1, 0.15) is 17.8 Å². The fourth-order valence-electron chi connectivity index (χ4n) is 13.1. The van der Waals surface area contributed by atoms with Crippen molar-refractivity contribution in [3.63, 3.8) is 0 Å². The van der Waals surface area contributed by atoms with Crippen LogP contribution in [0.15, 0.2) is 23.3 Å². The molecule has 0 saturated heterocycles. The van der Waals surface area contributed by atoms with E-state index in [2.05, 4.69) is 20.8 Å². The van der Waals surface area contributed by atoms with E-state index in [1.807, 2.05) is 13.0 Å². The van der Waals surface area contributed by atoms with Gasteiger partial charge in [-0.2, -0.15) is 0 Å². The summed E-state index contributed by atoms with van der Waals surface area (Å²) in [5.74, 6) is -0.297. The Labute approximate surface area is 294 Å². The number of hydrogen-bond donors (Lipinski definition) is 2. The van der Waals surface area contributed by atoms with Crippen molar-refractivity contribution >= 4 is 17.7 Å². The van der Waals surface area contributed by atoms with E-state index in [1.54, 1.807) is 13.0 Å². The van der Waals surface area contributed by atoms with Gasteiger partial charge < -0.3 is 19.7 Å². The summed E-state index contributed by atoms with van der Waals surface area (Å²) in [6, 6.07) is 0. The molecular formula is C42H62O7. The highest BCUT2D eigenvalue weighted by Gasteiger charge is 2.83. The summed E-state index contributed by atoms with van der Waals surface area (Å²) in [4.78, 5) is 40.4. The maximum atomic E-state index is 14.0. The minimum absolute atomic E-state index is 0.00648. The highest BCUT2D eigenvalue weighted by molar-refractivity contribution is 6.04. The van der Waals surface area contributed by atoms with E-state index < -0.39 is 34.1 Å². The van der Waals surface area contributed by atoms with Crippen LogP contribution in [0.2, 0.25) is 0 Å². The monoisotopic (exact) mass is 678 g/mol. The quantitative estimate of drug-likeness (QED) is 0.116. The van der Waals surface area contributed by atoms with Gasteiger partial charge in [0.25, 0.3) is 0 Å². The molecule has 0 aromatic carbocycles. The van der Waals surface area contributed by atoms with Gasteiger partial charge in [0.2, 0.25) is 0 Å². The number of carbonyl (C=O) groups is 3. The van der Waals surface area contributed by atoms with Gasteiger partial charge in [-0.15, -0.1) is 0 Å². The minimum Gasteiger partial charge on any atom is -0.461 e. The molecule has 0 amide bonds. The van der Waals surface area contributed by atoms with Crippen molar-refractivity contribution in [3.8, 4) is 0 Å². The molecule has 8 aliphatic carbocycles. The van der Waals surface area contributed by atoms with Crippen molar-refractivity contribution in [1.82, 2.24) is 0 Å². The molecule has 8 aliphatic rings. The second-order valence-corrected chi connectivity index (χ2v) is 18.8. The van der Waals surface area contributed by atoms with Crippen molar-refractivity contribution in [2.45, 2.75) is 161 Å². The normalized spacial score (nSPS) is 43.9. The Morgan fingerprint density at radius 2 is 1.49 bits per heavy atom. The Morgan fingerprint density at radius 3 is 2.12 bits per heavy atom. The molecule has 7 atom stereocenters. The van der Waals surface area contributed by atoms with Gasteiger partial charge in [-0.3, -0.25) is 14.4 Å². The zero-order valence-electron chi connectivity index (χ0n) is 30.9. The van der Waals surface area contributed by atoms with Crippen LogP contribution in [-0.2, 0) is 23.9 Å². The predicted octanol–water partition coefficient (Wildman–Crippen LogP) is 7.81. The van der Waals surface area contributed by atoms with Crippen LogP contribution in [0.5, 0.6) is 0 Å². The number of ether oxygens (including phenoxy) is 2. The largest absolute Gasteiger partial charge is 0.461 e. The number of esters is 2. The summed E-state index contributed by atoms with van der Waals surface area (Å²) >= 11 is 0. The van der Waals surface area contributed by atoms with Gasteiger partial charge in [0.15, 0.2) is 5.78 Å². The fraction of sp³-hybridized carbons (Fsp3) is 0.833. The second kappa shape index (κ2) is 12.6. The first-order chi connectivity index (χ1) is 23.2. The molecule has 0 unspecified atom stereocenters. The topological polar surface area (TPSA) is 110 Å². The molecule has 0 aromatic rings. The van der Waals surface area contributed by atoms with Crippen molar-refractivity contribution in [2.24, 2.45) is 52.3 Å². The number of Topliss-reactive ketones (excluding diaryl/α,β-unsaturated/α-hetero) is 1. The number of fused-ring (bicyclic) bond motifs is 5. The summed E-state index contributed by atoms with van der Waals surface area (Å²) in [6.07, 6.45) is 20.3. The Balaban J connectivity index is 1.10. The SMILES string of the molecule is CCCCCCCCCC(=O)OCC1=C[C@H]2[C@@H]3C(C)(C)[C@]3(OC(=O)CC34CC5CC(CC(C5)C3)C4)C[C@@H](C)[C@]2(O)[C@@H]2C=C(C)C(=O)[C@@]2(O)C1. The number of hydrogen-bond acceptors (Lipinski definition) is 7. The first-order valence-corrected chi connectivity index (χ1v) is 19.9. The first-order valence-electron chi connectivity index (χ1n) is 19.9. The Hall–Kier alpha value is -1.99. The Bertz CT molecular complexity index is 1370. The standard InChI is InChI=1S/C42H62O7/c1-6-7-8-9-10-11-12-13-34(43)48-25-31-18-32-36-38(4,5)41(36,19-27(3)42(32,47)33-14-26(2)37(45)40(33,46)23-31)49-35(44)24-39-20-28-15-29(21-39)17-30(16-28)22-39/h14,18,27-30,32-33,36,46-47H,6-13,15-17,19-25H2,1-5H3/t27-,28?,29?,30?,32+,33-,36-,39?,40-,41+,42-/m1/s1. The predicted molar refractivity (Wildman–Crippen MR) is 187 cm³/mol. The summed E-state index contributed by atoms with van der Waals surface area (Å²) < 4.78 is 12.5. The van der Waals surface area contributed by atoms with Crippen LogP contribution in [-0.4, -0.2) is 51.3 Å². The average molecular weight is 679 g/mol. The van der Waals surface area contributed by atoms with Gasteiger partial charge in [-0.25, -0.2) is 0 Å². The average Bonchev–Trinajstić information content (AvgIpc) is 3.42. The third-order valence-electron chi connectivity index (χ3n) is 15.1. The van der Waals surface area contributed by atoms with Gasteiger partial charge >= 0.3 is 11.9 Å². The van der Waals surface area contributed by atoms with Crippen LogP contribution < -0.4 is 0 Å². The summed E-state index contributed by atoms with van der Waals surface area (Å²) in [5, 5.41) is 25.0. The lowest BCUT2D eigenvalue weighted by atomic mass is 9.49. The molecule has 4 bridgehead atoms. The molecule has 6 saturated carbocycles. The van der Waals surface area contributed by atoms with Crippen LogP contribution in [0.25, 0.3) is 0 Å². The lowest BCUT2D eigenvalue weighted by Crippen LogP contribution is -2.61. The first kappa shape index (κ1) is 35.4. The number of unbranched alkanes of at least 4 members (excludes halogenated alkanes) is 6. The molecule has 0 heterocycles. The van der Waals surface area contributed by atoms with E-state index in [-0.39, 0.29) is 48.0 Å². The van der Waals surface area contributed by atoms with Crippen molar-refractivity contribution in [2.75, 3.05) is 6.61 Å². The smallest absolute Gasteiger partial charge is 0.306 e. The molecule has 8 rings (SSSR count). The number of aliphatic hydroxyl groups is 2. The van der Waals surface area contributed by atoms with E-state index in [9.17, 15) is 24.6 Å². The third kappa shape index (κ3) is 5.79. The lowest BCUT2D eigenvalue weighted by Gasteiger charge is -2.56. The molecular weight excluding hydrogens is 616 g/mol. The van der Waals surface area contributed by atoms with Gasteiger partial charge in [-0.1, -0.05) is 78.4 Å². The molecule has 0 aromatic heterocycles. The molecule has 0 radical (unpaired) electrons. The zero-order chi connectivity index (χ0) is 35.0. The van der Waals surface area contributed by atoms with E-state index in [0.29, 0.717) is 30.4 Å². The van der Waals surface area contributed by atoms with Crippen LogP contribution in [0.1, 0.15) is 144 Å². The molecule has 2 N–H and O–H groups in total. The molecule has 0 spiro atoms. The van der Waals surface area contributed by atoms with Crippen LogP contribution >= 0.6 is 0 Å². The minimum atomic E-state index is -1.81. The Kier molecular flexibility index (Phi) is 9.11. The van der Waals surface area contributed by atoms with E-state index >= 15 is 0 Å². The summed E-state index contributed by atoms with van der Waals surface area (Å²) in [5.41, 5.74) is -3.20. The maximum Gasteiger partial charge on any atom is 0.306 e. The molecule has 6 fully saturated rings. The van der Waals surface area contributed by atoms with Crippen molar-refractivity contribution < 1.29 is 34.1 Å². The number of carbonyl (C=O) groups excluding carboxylic acids is 3. The van der Waals surface area contributed by atoms with E-state index in [1.165, 1.54) is 44.9 Å². The Morgan fingerprint density at radius 1 is 0.878 bits per heavy atom. The molecule has 0 aliphatic heterocycles. The zero-order valence-corrected chi connectivity index (χ0v) is 30.9. The number of rotatable bonds is 13. The van der Waals surface area contributed by atoms with E-state index in [0.717, 1.165) is 56.3 Å². The highest BCUT2D eigenvalue weighted by Crippen LogP contribution is 2.77. The van der Waals surface area contributed by atoms with Crippen LogP contribution in [0.4, 0.5) is 0 Å². The van der Waals surface area contributed by atoms with Crippen molar-refractivity contribution in [1.29, 1.82) is 0 Å². The highest BCUT2D eigenvalue weighted by atomic mass is 16.6. The van der Waals surface area contributed by atoms with Gasteiger partial charge in [0.05, 0.1) is 12.0 Å². The van der Waals surface area contributed by atoms with Crippen molar-refractivity contribution in [3.05, 3.63) is 23.3 Å².